The highest BCUT2D eigenvalue weighted by molar-refractivity contribution is 5.73. The number of ether oxygens (including phenoxy) is 2. The lowest BCUT2D eigenvalue weighted by molar-refractivity contribution is -0.150. The molecule has 0 unspecified atom stereocenters. The lowest BCUT2D eigenvalue weighted by Crippen LogP contribution is -2.37. The summed E-state index contributed by atoms with van der Waals surface area (Å²) < 4.78 is 11.4. The van der Waals surface area contributed by atoms with E-state index >= 15 is 0 Å². The Balaban J connectivity index is 2.44. The lowest BCUT2D eigenvalue weighted by atomic mass is 10.0. The minimum Gasteiger partial charge on any atom is -0.466 e. The van der Waals surface area contributed by atoms with Gasteiger partial charge in [0.1, 0.15) is 17.5 Å². The molecule has 0 aliphatic rings. The first-order valence-electron chi connectivity index (χ1n) is 23.2. The number of nitrogens with one attached hydrogen (secondary N) is 2. The van der Waals surface area contributed by atoms with E-state index in [4.69, 9.17) is 9.47 Å². The number of rotatable bonds is 41. The standard InChI is InChI=1S/C46H85N3O6/c1-5-8-11-13-19-23-31-40(32-24-20-14-12-9-6-2)55-42(51)34-26-28-37-49(38-30-35-48-44-43(47-4)45(52)46(44)53)36-27-22-18-16-15-17-21-25-33-41(50)54-39-29-10-7-3/h40,47-48H,5-39H2,1-4H3. The monoisotopic (exact) mass is 776 g/mol. The molecular weight excluding hydrogens is 691 g/mol. The molecule has 0 aromatic heterocycles. The van der Waals surface area contributed by atoms with Crippen LogP contribution in [0, 0.1) is 0 Å². The van der Waals surface area contributed by atoms with Gasteiger partial charge in [0.25, 0.3) is 10.9 Å². The topological polar surface area (TPSA) is 114 Å². The molecule has 1 rings (SSSR count). The van der Waals surface area contributed by atoms with E-state index in [2.05, 4.69) is 36.3 Å². The first-order valence-corrected chi connectivity index (χ1v) is 23.2. The largest absolute Gasteiger partial charge is 0.466 e. The Hall–Kier alpha value is -2.42. The molecule has 55 heavy (non-hydrogen) atoms. The number of esters is 2. The molecule has 2 N–H and O–H groups in total. The maximum atomic E-state index is 13.0. The number of nitrogens with zero attached hydrogens (tertiary/aromatic N) is 1. The van der Waals surface area contributed by atoms with Crippen molar-refractivity contribution in [2.75, 3.05) is 50.5 Å². The second kappa shape index (κ2) is 36.0. The summed E-state index contributed by atoms with van der Waals surface area (Å²) in [6.45, 7) is 10.7. The van der Waals surface area contributed by atoms with Gasteiger partial charge in [-0.2, -0.15) is 0 Å². The van der Waals surface area contributed by atoms with Gasteiger partial charge < -0.3 is 25.0 Å². The fourth-order valence-corrected chi connectivity index (χ4v) is 7.34. The van der Waals surface area contributed by atoms with Gasteiger partial charge in [-0.3, -0.25) is 19.2 Å². The average molecular weight is 776 g/mol. The number of hydrogen-bond acceptors (Lipinski definition) is 9. The molecule has 9 nitrogen and oxygen atoms in total. The van der Waals surface area contributed by atoms with Gasteiger partial charge in [0.15, 0.2) is 0 Å². The van der Waals surface area contributed by atoms with Crippen molar-refractivity contribution in [1.82, 2.24) is 4.90 Å². The lowest BCUT2D eigenvalue weighted by Gasteiger charge is -2.23. The van der Waals surface area contributed by atoms with Crippen molar-refractivity contribution in [2.45, 2.75) is 219 Å². The van der Waals surface area contributed by atoms with Crippen LogP contribution in [0.5, 0.6) is 0 Å². The van der Waals surface area contributed by atoms with E-state index in [0.29, 0.717) is 37.4 Å². The normalized spacial score (nSPS) is 11.5. The zero-order valence-corrected chi connectivity index (χ0v) is 36.2. The SMILES string of the molecule is CCCCCCCCC(CCCCCCCC)OC(=O)CCCCN(CCCCCCCCCCC(=O)OCCCCC)CCCNc1c(NC)c(=O)c1=O. The summed E-state index contributed by atoms with van der Waals surface area (Å²) in [5.41, 5.74) is -0.0878. The molecule has 0 spiro atoms. The highest BCUT2D eigenvalue weighted by Crippen LogP contribution is 2.19. The maximum Gasteiger partial charge on any atom is 0.306 e. The molecule has 0 saturated carbocycles. The number of carbonyl (C=O) groups is 2. The summed E-state index contributed by atoms with van der Waals surface area (Å²) in [5, 5.41) is 6.00. The Morgan fingerprint density at radius 3 is 1.55 bits per heavy atom. The number of anilines is 2. The van der Waals surface area contributed by atoms with Gasteiger partial charge in [-0.15, -0.1) is 0 Å². The number of hydrogen-bond donors (Lipinski definition) is 2. The molecule has 0 aliphatic heterocycles. The van der Waals surface area contributed by atoms with Gasteiger partial charge in [0.05, 0.1) is 6.61 Å². The summed E-state index contributed by atoms with van der Waals surface area (Å²) in [5.74, 6) is -0.0811. The number of unbranched alkanes of at least 4 members (excludes halogenated alkanes) is 20. The summed E-state index contributed by atoms with van der Waals surface area (Å²) in [7, 11) is 1.67. The fraction of sp³-hybridized carbons (Fsp3) is 0.870. The van der Waals surface area contributed by atoms with Gasteiger partial charge in [0, 0.05) is 26.4 Å². The summed E-state index contributed by atoms with van der Waals surface area (Å²) >= 11 is 0. The van der Waals surface area contributed by atoms with Crippen LogP contribution in [-0.2, 0) is 19.1 Å². The Bertz CT molecular complexity index is 1120. The van der Waals surface area contributed by atoms with Crippen LogP contribution >= 0.6 is 0 Å². The predicted molar refractivity (Wildman–Crippen MR) is 232 cm³/mol. The molecule has 0 atom stereocenters. The van der Waals surface area contributed by atoms with E-state index in [-0.39, 0.29) is 18.0 Å². The fourth-order valence-electron chi connectivity index (χ4n) is 7.34. The van der Waals surface area contributed by atoms with Crippen molar-refractivity contribution in [3.05, 3.63) is 20.4 Å². The van der Waals surface area contributed by atoms with Crippen molar-refractivity contribution >= 4 is 23.3 Å². The summed E-state index contributed by atoms with van der Waals surface area (Å²) in [6, 6.07) is 0. The van der Waals surface area contributed by atoms with E-state index < -0.39 is 10.9 Å². The van der Waals surface area contributed by atoms with E-state index in [9.17, 15) is 19.2 Å². The Morgan fingerprint density at radius 2 is 0.964 bits per heavy atom. The molecule has 1 aromatic rings. The molecule has 0 bridgehead atoms. The molecule has 0 amide bonds. The van der Waals surface area contributed by atoms with Crippen molar-refractivity contribution in [1.29, 1.82) is 0 Å². The third-order valence-electron chi connectivity index (χ3n) is 10.9. The molecular formula is C46H85N3O6. The Labute approximate surface area is 336 Å². The first kappa shape index (κ1) is 50.6. The van der Waals surface area contributed by atoms with Crippen molar-refractivity contribution in [3.8, 4) is 0 Å². The maximum absolute atomic E-state index is 13.0. The molecule has 0 heterocycles. The van der Waals surface area contributed by atoms with Gasteiger partial charge >= 0.3 is 11.9 Å². The zero-order valence-electron chi connectivity index (χ0n) is 36.2. The molecule has 0 radical (unpaired) electrons. The predicted octanol–water partition coefficient (Wildman–Crippen LogP) is 11.3. The van der Waals surface area contributed by atoms with Crippen LogP contribution in [-0.4, -0.2) is 62.8 Å². The van der Waals surface area contributed by atoms with Gasteiger partial charge in [-0.05, 0) is 83.8 Å². The second-order valence-electron chi connectivity index (χ2n) is 16.0. The van der Waals surface area contributed by atoms with E-state index in [1.165, 1.54) is 96.3 Å². The first-order chi connectivity index (χ1) is 26.9. The van der Waals surface area contributed by atoms with Gasteiger partial charge in [-0.1, -0.05) is 136 Å². The third-order valence-corrected chi connectivity index (χ3v) is 10.9. The molecule has 320 valence electrons. The zero-order chi connectivity index (χ0) is 40.2. The molecule has 9 heteroatoms. The van der Waals surface area contributed by atoms with Crippen LogP contribution < -0.4 is 21.5 Å². The van der Waals surface area contributed by atoms with E-state index in [1.54, 1.807) is 7.05 Å². The van der Waals surface area contributed by atoms with Crippen LogP contribution in [0.4, 0.5) is 11.4 Å². The third kappa shape index (κ3) is 27.0. The highest BCUT2D eigenvalue weighted by Gasteiger charge is 2.19. The highest BCUT2D eigenvalue weighted by atomic mass is 16.5. The minimum absolute atomic E-state index is 0.0339. The summed E-state index contributed by atoms with van der Waals surface area (Å²) in [6.07, 6.45) is 33.2. The quantitative estimate of drug-likeness (QED) is 0.0381. The smallest absolute Gasteiger partial charge is 0.306 e. The Kier molecular flexibility index (Phi) is 33.1. The van der Waals surface area contributed by atoms with Crippen molar-refractivity contribution in [3.63, 3.8) is 0 Å². The molecule has 0 saturated heterocycles. The van der Waals surface area contributed by atoms with E-state index in [1.807, 2.05) is 0 Å². The second-order valence-corrected chi connectivity index (χ2v) is 16.0. The van der Waals surface area contributed by atoms with Gasteiger partial charge in [-0.25, -0.2) is 0 Å². The van der Waals surface area contributed by atoms with Crippen molar-refractivity contribution < 1.29 is 19.1 Å². The molecule has 0 fully saturated rings. The molecule has 0 aliphatic carbocycles. The van der Waals surface area contributed by atoms with Crippen LogP contribution in [0.2, 0.25) is 0 Å². The van der Waals surface area contributed by atoms with Gasteiger partial charge in [0.2, 0.25) is 0 Å². The van der Waals surface area contributed by atoms with Crippen LogP contribution in [0.3, 0.4) is 0 Å². The minimum atomic E-state index is -0.445. The van der Waals surface area contributed by atoms with Crippen molar-refractivity contribution in [2.24, 2.45) is 0 Å². The average Bonchev–Trinajstić information content (AvgIpc) is 3.18. The summed E-state index contributed by atoms with van der Waals surface area (Å²) in [4.78, 5) is 51.0. The number of carbonyl (C=O) groups excluding carboxylic acids is 2. The van der Waals surface area contributed by atoms with Crippen LogP contribution in [0.1, 0.15) is 213 Å². The van der Waals surface area contributed by atoms with Crippen LogP contribution in [0.15, 0.2) is 9.59 Å². The Morgan fingerprint density at radius 1 is 0.527 bits per heavy atom. The van der Waals surface area contributed by atoms with E-state index in [0.717, 1.165) is 103 Å². The van der Waals surface area contributed by atoms with Crippen LogP contribution in [0.25, 0.3) is 0 Å². The molecule has 1 aromatic carbocycles.